The molecule has 14 heavy (non-hydrogen) atoms. The molecule has 0 aromatic heterocycles. The quantitative estimate of drug-likeness (QED) is 0.767. The summed E-state index contributed by atoms with van der Waals surface area (Å²) in [6.45, 7) is 3.61. The number of hydrogen-bond acceptors (Lipinski definition) is 1. The number of hydrogen-bond donors (Lipinski definition) is 0. The highest BCUT2D eigenvalue weighted by Crippen LogP contribution is 2.26. The van der Waals surface area contributed by atoms with Gasteiger partial charge in [-0.1, -0.05) is 46.6 Å². The third-order valence-corrected chi connectivity index (χ3v) is 3.91. The van der Waals surface area contributed by atoms with E-state index in [1.54, 1.807) is 6.92 Å². The second kappa shape index (κ2) is 4.94. The monoisotopic (exact) mass is 274 g/mol. The zero-order valence-electron chi connectivity index (χ0n) is 8.13. The number of benzene rings is 1. The van der Waals surface area contributed by atoms with Crippen LogP contribution < -0.4 is 0 Å². The van der Waals surface area contributed by atoms with E-state index in [4.69, 9.17) is 11.6 Å². The number of alkyl halides is 1. The van der Waals surface area contributed by atoms with Crippen molar-refractivity contribution in [3.63, 3.8) is 0 Å². The Labute approximate surface area is 97.6 Å². The molecule has 0 amide bonds. The molecule has 0 saturated heterocycles. The van der Waals surface area contributed by atoms with Gasteiger partial charge in [-0.05, 0) is 24.6 Å². The SMILES string of the molecule is CC(=O)C(Br)C(C)c1ccc(Cl)cc1. The van der Waals surface area contributed by atoms with Crippen LogP contribution in [0.25, 0.3) is 0 Å². The highest BCUT2D eigenvalue weighted by atomic mass is 79.9. The second-order valence-corrected chi connectivity index (χ2v) is 4.78. The highest BCUT2D eigenvalue weighted by Gasteiger charge is 2.19. The van der Waals surface area contributed by atoms with Gasteiger partial charge >= 0.3 is 0 Å². The largest absolute Gasteiger partial charge is 0.299 e. The molecule has 3 heteroatoms. The van der Waals surface area contributed by atoms with E-state index in [2.05, 4.69) is 15.9 Å². The Morgan fingerprint density at radius 1 is 1.36 bits per heavy atom. The molecule has 0 aliphatic carbocycles. The Balaban J connectivity index is 2.84. The lowest BCUT2D eigenvalue weighted by atomic mass is 9.96. The fraction of sp³-hybridized carbons (Fsp3) is 0.364. The molecular weight excluding hydrogens is 263 g/mol. The Kier molecular flexibility index (Phi) is 4.14. The van der Waals surface area contributed by atoms with Crippen molar-refractivity contribution in [3.8, 4) is 0 Å². The van der Waals surface area contributed by atoms with Crippen molar-refractivity contribution in [2.24, 2.45) is 0 Å². The summed E-state index contributed by atoms with van der Waals surface area (Å²) < 4.78 is 0. The summed E-state index contributed by atoms with van der Waals surface area (Å²) in [7, 11) is 0. The molecule has 1 aromatic rings. The minimum Gasteiger partial charge on any atom is -0.299 e. The second-order valence-electron chi connectivity index (χ2n) is 3.35. The lowest BCUT2D eigenvalue weighted by Gasteiger charge is -2.15. The maximum atomic E-state index is 11.2. The lowest BCUT2D eigenvalue weighted by molar-refractivity contribution is -0.116. The van der Waals surface area contributed by atoms with Gasteiger partial charge in [0.15, 0.2) is 0 Å². The van der Waals surface area contributed by atoms with Gasteiger partial charge in [-0.25, -0.2) is 0 Å². The van der Waals surface area contributed by atoms with Crippen molar-refractivity contribution in [1.29, 1.82) is 0 Å². The molecule has 0 saturated carbocycles. The number of carbonyl (C=O) groups excluding carboxylic acids is 1. The normalized spacial score (nSPS) is 14.9. The van der Waals surface area contributed by atoms with Crippen molar-refractivity contribution in [1.82, 2.24) is 0 Å². The van der Waals surface area contributed by atoms with Crippen molar-refractivity contribution in [2.75, 3.05) is 0 Å². The molecule has 0 fully saturated rings. The van der Waals surface area contributed by atoms with E-state index in [9.17, 15) is 4.79 Å². The van der Waals surface area contributed by atoms with Gasteiger partial charge in [-0.2, -0.15) is 0 Å². The van der Waals surface area contributed by atoms with E-state index in [-0.39, 0.29) is 16.5 Å². The first-order valence-electron chi connectivity index (χ1n) is 4.42. The van der Waals surface area contributed by atoms with Crippen LogP contribution in [0, 0.1) is 0 Å². The molecular formula is C11H12BrClO. The van der Waals surface area contributed by atoms with Crippen LogP contribution in [0.1, 0.15) is 25.3 Å². The third-order valence-electron chi connectivity index (χ3n) is 2.22. The van der Waals surface area contributed by atoms with Gasteiger partial charge in [0.25, 0.3) is 0 Å². The molecule has 0 aliphatic rings. The van der Waals surface area contributed by atoms with Crippen LogP contribution in [0.15, 0.2) is 24.3 Å². The Hall–Kier alpha value is -0.340. The summed E-state index contributed by atoms with van der Waals surface area (Å²) in [5.41, 5.74) is 1.12. The summed E-state index contributed by atoms with van der Waals surface area (Å²) in [6.07, 6.45) is 0. The van der Waals surface area contributed by atoms with E-state index in [1.807, 2.05) is 31.2 Å². The van der Waals surface area contributed by atoms with Crippen LogP contribution in [0.2, 0.25) is 5.02 Å². The third kappa shape index (κ3) is 2.82. The van der Waals surface area contributed by atoms with Crippen LogP contribution in [-0.2, 0) is 4.79 Å². The van der Waals surface area contributed by atoms with Crippen LogP contribution in [0.4, 0.5) is 0 Å². The molecule has 2 atom stereocenters. The van der Waals surface area contributed by atoms with Crippen molar-refractivity contribution >= 4 is 33.3 Å². The molecule has 0 radical (unpaired) electrons. The maximum absolute atomic E-state index is 11.2. The Morgan fingerprint density at radius 3 is 2.29 bits per heavy atom. The molecule has 1 aromatic carbocycles. The van der Waals surface area contributed by atoms with Gasteiger partial charge < -0.3 is 0 Å². The summed E-state index contributed by atoms with van der Waals surface area (Å²) in [6, 6.07) is 7.58. The smallest absolute Gasteiger partial charge is 0.144 e. The number of Topliss-reactive ketones (excluding diaryl/α,β-unsaturated/α-hetero) is 1. The standard InChI is InChI=1S/C11H12BrClO/c1-7(11(12)8(2)14)9-3-5-10(13)6-4-9/h3-7,11H,1-2H3. The fourth-order valence-electron chi connectivity index (χ4n) is 1.29. The summed E-state index contributed by atoms with van der Waals surface area (Å²) >= 11 is 9.16. The minimum atomic E-state index is -0.122. The molecule has 0 aliphatic heterocycles. The molecule has 1 nitrogen and oxygen atoms in total. The zero-order valence-corrected chi connectivity index (χ0v) is 10.5. The molecule has 1 rings (SSSR count). The van der Waals surface area contributed by atoms with E-state index >= 15 is 0 Å². The number of rotatable bonds is 3. The summed E-state index contributed by atoms with van der Waals surface area (Å²) in [5, 5.41) is 0.717. The van der Waals surface area contributed by atoms with Gasteiger partial charge in [0.2, 0.25) is 0 Å². The number of halogens is 2. The predicted octanol–water partition coefficient (Wildman–Crippen LogP) is 3.80. The fourth-order valence-corrected chi connectivity index (χ4v) is 1.72. The predicted molar refractivity (Wildman–Crippen MR) is 63.3 cm³/mol. The van der Waals surface area contributed by atoms with Crippen molar-refractivity contribution in [3.05, 3.63) is 34.9 Å². The van der Waals surface area contributed by atoms with Gasteiger partial charge in [0.05, 0.1) is 4.83 Å². The minimum absolute atomic E-state index is 0.122. The first-order valence-corrected chi connectivity index (χ1v) is 5.71. The van der Waals surface area contributed by atoms with Gasteiger partial charge in [-0.3, -0.25) is 4.79 Å². The summed E-state index contributed by atoms with van der Waals surface area (Å²) in [5.74, 6) is 0.317. The van der Waals surface area contributed by atoms with Gasteiger partial charge in [-0.15, -0.1) is 0 Å². The van der Waals surface area contributed by atoms with Crippen molar-refractivity contribution < 1.29 is 4.79 Å². The molecule has 2 unspecified atom stereocenters. The van der Waals surface area contributed by atoms with E-state index < -0.39 is 0 Å². The van der Waals surface area contributed by atoms with E-state index in [0.29, 0.717) is 0 Å². The van der Waals surface area contributed by atoms with Crippen LogP contribution in [-0.4, -0.2) is 10.6 Å². The maximum Gasteiger partial charge on any atom is 0.144 e. The van der Waals surface area contributed by atoms with Crippen LogP contribution in [0.5, 0.6) is 0 Å². The number of ketones is 1. The molecule has 76 valence electrons. The van der Waals surface area contributed by atoms with E-state index in [0.717, 1.165) is 10.6 Å². The summed E-state index contributed by atoms with van der Waals surface area (Å²) in [4.78, 5) is 11.0. The van der Waals surface area contributed by atoms with Gasteiger partial charge in [0, 0.05) is 10.9 Å². The molecule has 0 N–H and O–H groups in total. The first kappa shape index (κ1) is 11.7. The highest BCUT2D eigenvalue weighted by molar-refractivity contribution is 9.10. The first-order chi connectivity index (χ1) is 6.52. The molecule has 0 bridgehead atoms. The van der Waals surface area contributed by atoms with Gasteiger partial charge in [0.1, 0.15) is 5.78 Å². The zero-order chi connectivity index (χ0) is 10.7. The average Bonchev–Trinajstić information content (AvgIpc) is 2.16. The number of carbonyl (C=O) groups is 1. The van der Waals surface area contributed by atoms with E-state index in [1.165, 1.54) is 0 Å². The van der Waals surface area contributed by atoms with Crippen molar-refractivity contribution in [2.45, 2.75) is 24.6 Å². The Morgan fingerprint density at radius 2 is 1.86 bits per heavy atom. The average molecular weight is 276 g/mol. The lowest BCUT2D eigenvalue weighted by Crippen LogP contribution is -2.17. The Bertz CT molecular complexity index is 321. The van der Waals surface area contributed by atoms with Crippen LogP contribution in [0.3, 0.4) is 0 Å². The van der Waals surface area contributed by atoms with Crippen LogP contribution >= 0.6 is 27.5 Å². The molecule has 0 spiro atoms. The topological polar surface area (TPSA) is 17.1 Å². The molecule has 0 heterocycles.